The number of thioether (sulfide) groups is 2. The molecule has 37 heavy (non-hydrogen) atoms. The Morgan fingerprint density at radius 3 is 1.43 bits per heavy atom. The van der Waals surface area contributed by atoms with Crippen LogP contribution >= 0.6 is 23.5 Å². The van der Waals surface area contributed by atoms with Crippen molar-refractivity contribution < 1.29 is 28.5 Å². The number of esters is 2. The molecule has 0 saturated heterocycles. The van der Waals surface area contributed by atoms with Gasteiger partial charge in [-0.15, -0.1) is 0 Å². The molecule has 0 radical (unpaired) electrons. The third kappa shape index (κ3) is 31.7. The monoisotopic (exact) mass is 564 g/mol. The van der Waals surface area contributed by atoms with Gasteiger partial charge in [0.2, 0.25) is 0 Å². The van der Waals surface area contributed by atoms with Crippen LogP contribution in [-0.2, 0) is 28.5 Å². The summed E-state index contributed by atoms with van der Waals surface area (Å²) in [6.07, 6.45) is 7.79. The van der Waals surface area contributed by atoms with Crippen LogP contribution in [-0.4, -0.2) is 74.6 Å². The Labute approximate surface area is 236 Å². The van der Waals surface area contributed by atoms with E-state index in [1.165, 1.54) is 0 Å². The van der Waals surface area contributed by atoms with E-state index >= 15 is 0 Å². The number of hydrogen-bond donors (Lipinski definition) is 0. The normalized spacial score (nSPS) is 12.1. The third-order valence-electron chi connectivity index (χ3n) is 5.40. The first kappa shape index (κ1) is 36.6. The molecule has 0 aliphatic carbocycles. The van der Waals surface area contributed by atoms with Crippen molar-refractivity contribution in [2.24, 2.45) is 10.8 Å². The lowest BCUT2D eigenvalue weighted by molar-refractivity contribution is -0.145. The second kappa shape index (κ2) is 23.4. The largest absolute Gasteiger partial charge is 0.466 e. The van der Waals surface area contributed by atoms with Gasteiger partial charge in [0.25, 0.3) is 0 Å². The number of ether oxygens (including phenoxy) is 4. The zero-order valence-electron chi connectivity index (χ0n) is 24.7. The van der Waals surface area contributed by atoms with Gasteiger partial charge in [0.15, 0.2) is 0 Å². The van der Waals surface area contributed by atoms with Crippen molar-refractivity contribution >= 4 is 35.5 Å². The van der Waals surface area contributed by atoms with Gasteiger partial charge in [-0.2, -0.15) is 23.5 Å². The lowest BCUT2D eigenvalue weighted by Crippen LogP contribution is -2.13. The molecule has 0 amide bonds. The molecule has 0 spiro atoms. The van der Waals surface area contributed by atoms with Gasteiger partial charge < -0.3 is 18.9 Å². The molecule has 0 aromatic heterocycles. The van der Waals surface area contributed by atoms with E-state index in [4.69, 9.17) is 18.9 Å². The summed E-state index contributed by atoms with van der Waals surface area (Å²) in [7, 11) is 0. The highest BCUT2D eigenvalue weighted by molar-refractivity contribution is 7.99. The molecule has 0 unspecified atom stereocenters. The summed E-state index contributed by atoms with van der Waals surface area (Å²) in [6, 6.07) is 0. The predicted molar refractivity (Wildman–Crippen MR) is 159 cm³/mol. The first-order chi connectivity index (χ1) is 17.5. The van der Waals surface area contributed by atoms with Gasteiger partial charge in [0.1, 0.15) is 0 Å². The highest BCUT2D eigenvalue weighted by Crippen LogP contribution is 2.20. The van der Waals surface area contributed by atoms with E-state index < -0.39 is 0 Å². The number of hydrogen-bond acceptors (Lipinski definition) is 8. The molecule has 0 N–H and O–H groups in total. The van der Waals surface area contributed by atoms with Crippen molar-refractivity contribution in [3.8, 4) is 0 Å². The lowest BCUT2D eigenvalue weighted by Gasteiger charge is -2.17. The van der Waals surface area contributed by atoms with E-state index in [-0.39, 0.29) is 17.4 Å². The van der Waals surface area contributed by atoms with E-state index in [1.54, 1.807) is 0 Å². The maximum Gasteiger partial charge on any atom is 0.305 e. The molecule has 0 fully saturated rings. The summed E-state index contributed by atoms with van der Waals surface area (Å²) in [6.45, 7) is 16.9. The van der Waals surface area contributed by atoms with Crippen LogP contribution in [0.3, 0.4) is 0 Å². The summed E-state index contributed by atoms with van der Waals surface area (Å²) in [4.78, 5) is 23.4. The van der Waals surface area contributed by atoms with Crippen molar-refractivity contribution in [3.63, 3.8) is 0 Å². The molecule has 0 aromatic rings. The second-order valence-corrected chi connectivity index (χ2v) is 14.2. The SMILES string of the molecule is CC(C)(C)CCCOC(=O)CCCCSCCOCCOCCSCCCCC(=O)OCCC(C)(C)C. The molecule has 0 aliphatic heterocycles. The Morgan fingerprint density at radius 2 is 0.973 bits per heavy atom. The van der Waals surface area contributed by atoms with Gasteiger partial charge in [-0.25, -0.2) is 0 Å². The van der Waals surface area contributed by atoms with Gasteiger partial charge in [-0.1, -0.05) is 41.5 Å². The summed E-state index contributed by atoms with van der Waals surface area (Å²) < 4.78 is 21.8. The minimum atomic E-state index is -0.0737. The van der Waals surface area contributed by atoms with E-state index in [1.807, 2.05) is 23.5 Å². The fourth-order valence-corrected chi connectivity index (χ4v) is 4.81. The van der Waals surface area contributed by atoms with Crippen molar-refractivity contribution in [1.82, 2.24) is 0 Å². The van der Waals surface area contributed by atoms with E-state index in [9.17, 15) is 9.59 Å². The Morgan fingerprint density at radius 1 is 0.514 bits per heavy atom. The molecule has 0 bridgehead atoms. The first-order valence-corrected chi connectivity index (χ1v) is 16.4. The van der Waals surface area contributed by atoms with Crippen LogP contribution < -0.4 is 0 Å². The highest BCUT2D eigenvalue weighted by atomic mass is 32.2. The molecule has 8 heteroatoms. The van der Waals surface area contributed by atoms with Crippen LogP contribution in [0.25, 0.3) is 0 Å². The fourth-order valence-electron chi connectivity index (χ4n) is 3.11. The van der Waals surface area contributed by atoms with Gasteiger partial charge in [-0.05, 0) is 67.3 Å². The van der Waals surface area contributed by atoms with Crippen molar-refractivity contribution in [2.45, 2.75) is 99.3 Å². The highest BCUT2D eigenvalue weighted by Gasteiger charge is 2.12. The van der Waals surface area contributed by atoms with Crippen LogP contribution in [0.5, 0.6) is 0 Å². The Bertz CT molecular complexity index is 558. The average Bonchev–Trinajstić information content (AvgIpc) is 2.79. The molecule has 0 heterocycles. The maximum absolute atomic E-state index is 11.7. The molecular formula is C29H56O6S2. The molecule has 6 nitrogen and oxygen atoms in total. The quantitative estimate of drug-likeness (QED) is 0.0902. The molecule has 0 aromatic carbocycles. The van der Waals surface area contributed by atoms with Crippen LogP contribution in [0.15, 0.2) is 0 Å². The molecule has 0 atom stereocenters. The Kier molecular flexibility index (Phi) is 23.2. The molecule has 220 valence electrons. The van der Waals surface area contributed by atoms with Crippen LogP contribution in [0, 0.1) is 10.8 Å². The number of unbranched alkanes of at least 4 members (excludes halogenated alkanes) is 2. The van der Waals surface area contributed by atoms with Crippen molar-refractivity contribution in [2.75, 3.05) is 62.7 Å². The predicted octanol–water partition coefficient (Wildman–Crippen LogP) is 7.18. The number of rotatable bonds is 24. The van der Waals surface area contributed by atoms with Gasteiger partial charge in [0, 0.05) is 24.3 Å². The van der Waals surface area contributed by atoms with Gasteiger partial charge in [-0.3, -0.25) is 9.59 Å². The summed E-state index contributed by atoms with van der Waals surface area (Å²) in [5.41, 5.74) is 0.503. The maximum atomic E-state index is 11.7. The smallest absolute Gasteiger partial charge is 0.305 e. The Balaban J connectivity index is 3.24. The van der Waals surface area contributed by atoms with Crippen LogP contribution in [0.2, 0.25) is 0 Å². The third-order valence-corrected chi connectivity index (χ3v) is 7.47. The zero-order valence-corrected chi connectivity index (χ0v) is 26.3. The van der Waals surface area contributed by atoms with Crippen molar-refractivity contribution in [1.29, 1.82) is 0 Å². The summed E-state index contributed by atoms with van der Waals surface area (Å²) >= 11 is 3.73. The standard InChI is InChI=1S/C29H56O6S2/c1-28(2,3)14-11-16-34-26(30)12-7-9-22-36-24-20-32-18-19-33-21-25-37-23-10-8-13-27(31)35-17-15-29(4,5)6/h7-25H2,1-6H3. The minimum absolute atomic E-state index is 0.0651. The van der Waals surface area contributed by atoms with Gasteiger partial charge >= 0.3 is 11.9 Å². The Hall–Kier alpha value is -0.440. The molecule has 0 saturated carbocycles. The fraction of sp³-hybridized carbons (Fsp3) is 0.931. The summed E-state index contributed by atoms with van der Waals surface area (Å²) in [5.74, 6) is 3.89. The van der Waals surface area contributed by atoms with E-state index in [0.29, 0.717) is 44.7 Å². The number of carbonyl (C=O) groups excluding carboxylic acids is 2. The van der Waals surface area contributed by atoms with Crippen LogP contribution in [0.4, 0.5) is 0 Å². The average molecular weight is 565 g/mol. The summed E-state index contributed by atoms with van der Waals surface area (Å²) in [5, 5.41) is 0. The molecule has 0 aliphatic rings. The lowest BCUT2D eigenvalue weighted by atomic mass is 9.91. The van der Waals surface area contributed by atoms with Gasteiger partial charge in [0.05, 0.1) is 39.6 Å². The van der Waals surface area contributed by atoms with E-state index in [2.05, 4.69) is 41.5 Å². The van der Waals surface area contributed by atoms with Crippen molar-refractivity contribution in [3.05, 3.63) is 0 Å². The first-order valence-electron chi connectivity index (χ1n) is 14.1. The number of carbonyl (C=O) groups is 2. The topological polar surface area (TPSA) is 71.1 Å². The van der Waals surface area contributed by atoms with E-state index in [0.717, 1.165) is 81.2 Å². The minimum Gasteiger partial charge on any atom is -0.466 e. The van der Waals surface area contributed by atoms with Crippen LogP contribution in [0.1, 0.15) is 99.3 Å². The second-order valence-electron chi connectivity index (χ2n) is 11.8. The molecule has 0 rings (SSSR count). The molecular weight excluding hydrogens is 508 g/mol. The zero-order chi connectivity index (χ0) is 27.8.